The number of amides is 1. The standard InChI is InChI=1S/C11H8BrN5O3/c12-9-6-14-15-10(9)11(18)16-13-5-7-2-1-3-8(4-7)17(19)20/h1-6H,(H,14,15)(H,16,18). The minimum absolute atomic E-state index is 0.0448. The Morgan fingerprint density at radius 2 is 2.35 bits per heavy atom. The average molecular weight is 338 g/mol. The Morgan fingerprint density at radius 3 is 3.00 bits per heavy atom. The number of non-ortho nitro benzene ring substituents is 1. The van der Waals surface area contributed by atoms with Gasteiger partial charge in [0, 0.05) is 17.7 Å². The largest absolute Gasteiger partial charge is 0.290 e. The Morgan fingerprint density at radius 1 is 1.55 bits per heavy atom. The van der Waals surface area contributed by atoms with Crippen LogP contribution in [0.25, 0.3) is 0 Å². The lowest BCUT2D eigenvalue weighted by Crippen LogP contribution is -2.18. The Kier molecular flexibility index (Phi) is 4.20. The predicted octanol–water partition coefficient (Wildman–Crippen LogP) is 1.84. The summed E-state index contributed by atoms with van der Waals surface area (Å²) in [6.07, 6.45) is 2.76. The average Bonchev–Trinajstić information content (AvgIpc) is 2.85. The molecule has 8 nitrogen and oxygen atoms in total. The molecular formula is C11H8BrN5O3. The van der Waals surface area contributed by atoms with Crippen molar-refractivity contribution in [3.63, 3.8) is 0 Å². The van der Waals surface area contributed by atoms with Gasteiger partial charge in [-0.1, -0.05) is 12.1 Å². The molecule has 2 aromatic rings. The fourth-order valence-corrected chi connectivity index (χ4v) is 1.74. The molecule has 2 rings (SSSR count). The van der Waals surface area contributed by atoms with E-state index < -0.39 is 10.8 Å². The number of hydrogen-bond donors (Lipinski definition) is 2. The summed E-state index contributed by atoms with van der Waals surface area (Å²) in [5, 5.41) is 20.5. The molecule has 0 radical (unpaired) electrons. The number of aromatic amines is 1. The zero-order valence-electron chi connectivity index (χ0n) is 9.91. The molecule has 9 heteroatoms. The maximum Gasteiger partial charge on any atom is 0.290 e. The van der Waals surface area contributed by atoms with Crippen LogP contribution < -0.4 is 5.43 Å². The molecule has 0 aliphatic carbocycles. The van der Waals surface area contributed by atoms with E-state index in [1.54, 1.807) is 6.07 Å². The van der Waals surface area contributed by atoms with Crippen molar-refractivity contribution in [3.05, 3.63) is 56.3 Å². The number of carbonyl (C=O) groups is 1. The molecule has 0 aliphatic rings. The first-order valence-corrected chi connectivity index (χ1v) is 6.14. The molecule has 1 aromatic carbocycles. The van der Waals surface area contributed by atoms with E-state index in [0.717, 1.165) is 0 Å². The third-order valence-electron chi connectivity index (χ3n) is 2.28. The summed E-state index contributed by atoms with van der Waals surface area (Å²) < 4.78 is 0.514. The summed E-state index contributed by atoms with van der Waals surface area (Å²) in [5.74, 6) is -0.476. The fourth-order valence-electron chi connectivity index (χ4n) is 1.37. The number of aromatic nitrogens is 2. The highest BCUT2D eigenvalue weighted by Gasteiger charge is 2.10. The van der Waals surface area contributed by atoms with Gasteiger partial charge in [0.1, 0.15) is 5.69 Å². The molecule has 1 heterocycles. The first-order valence-electron chi connectivity index (χ1n) is 5.34. The van der Waals surface area contributed by atoms with E-state index >= 15 is 0 Å². The third-order valence-corrected chi connectivity index (χ3v) is 2.88. The lowest BCUT2D eigenvalue weighted by atomic mass is 10.2. The second kappa shape index (κ2) is 6.06. The van der Waals surface area contributed by atoms with Crippen molar-refractivity contribution in [1.82, 2.24) is 15.6 Å². The molecule has 0 fully saturated rings. The molecule has 0 unspecified atom stereocenters. The van der Waals surface area contributed by atoms with Gasteiger partial charge in [-0.05, 0) is 15.9 Å². The number of nitro benzene ring substituents is 1. The van der Waals surface area contributed by atoms with Crippen molar-refractivity contribution < 1.29 is 9.72 Å². The molecule has 0 aliphatic heterocycles. The van der Waals surface area contributed by atoms with Crippen LogP contribution in [-0.2, 0) is 0 Å². The van der Waals surface area contributed by atoms with Crippen LogP contribution in [0.3, 0.4) is 0 Å². The maximum atomic E-state index is 11.7. The van der Waals surface area contributed by atoms with Gasteiger partial charge in [0.2, 0.25) is 0 Å². The molecule has 0 saturated carbocycles. The summed E-state index contributed by atoms with van der Waals surface area (Å²) >= 11 is 3.15. The molecule has 102 valence electrons. The van der Waals surface area contributed by atoms with Gasteiger partial charge in [-0.15, -0.1) is 0 Å². The lowest BCUT2D eigenvalue weighted by molar-refractivity contribution is -0.384. The number of hydrogen-bond acceptors (Lipinski definition) is 5. The van der Waals surface area contributed by atoms with E-state index in [0.29, 0.717) is 10.0 Å². The Balaban J connectivity index is 2.04. The Labute approximate surface area is 121 Å². The van der Waals surface area contributed by atoms with Crippen molar-refractivity contribution in [2.45, 2.75) is 0 Å². The number of hydrazone groups is 1. The molecule has 0 atom stereocenters. The van der Waals surface area contributed by atoms with Crippen LogP contribution in [0.2, 0.25) is 0 Å². The van der Waals surface area contributed by atoms with Gasteiger partial charge in [-0.25, -0.2) is 5.43 Å². The summed E-state index contributed by atoms with van der Waals surface area (Å²) in [6, 6.07) is 5.89. The van der Waals surface area contributed by atoms with Crippen LogP contribution in [0.15, 0.2) is 40.0 Å². The number of rotatable bonds is 4. The number of halogens is 1. The summed E-state index contributed by atoms with van der Waals surface area (Å²) in [4.78, 5) is 21.8. The van der Waals surface area contributed by atoms with Gasteiger partial charge in [-0.3, -0.25) is 20.0 Å². The van der Waals surface area contributed by atoms with Gasteiger partial charge in [0.25, 0.3) is 11.6 Å². The fraction of sp³-hybridized carbons (Fsp3) is 0. The molecule has 20 heavy (non-hydrogen) atoms. The van der Waals surface area contributed by atoms with Gasteiger partial charge >= 0.3 is 0 Å². The SMILES string of the molecule is O=C(NN=Cc1cccc([N+](=O)[O-])c1)c1[nH]ncc1Br. The predicted molar refractivity (Wildman–Crippen MR) is 74.4 cm³/mol. The first-order chi connectivity index (χ1) is 9.58. The van der Waals surface area contributed by atoms with Crippen LogP contribution >= 0.6 is 15.9 Å². The Bertz CT molecular complexity index is 682. The molecule has 1 aromatic heterocycles. The van der Waals surface area contributed by atoms with Crippen LogP contribution in [0.1, 0.15) is 16.1 Å². The van der Waals surface area contributed by atoms with Crippen molar-refractivity contribution in [2.75, 3.05) is 0 Å². The van der Waals surface area contributed by atoms with Gasteiger partial charge in [-0.2, -0.15) is 10.2 Å². The number of nitrogens with zero attached hydrogens (tertiary/aromatic N) is 3. The van der Waals surface area contributed by atoms with Crippen molar-refractivity contribution in [1.29, 1.82) is 0 Å². The second-order valence-corrected chi connectivity index (χ2v) is 4.50. The highest BCUT2D eigenvalue weighted by molar-refractivity contribution is 9.10. The second-order valence-electron chi connectivity index (χ2n) is 3.64. The minimum atomic E-state index is -0.502. The van der Waals surface area contributed by atoms with Crippen LogP contribution in [0.5, 0.6) is 0 Å². The van der Waals surface area contributed by atoms with Gasteiger partial charge in [0.15, 0.2) is 0 Å². The summed E-state index contributed by atoms with van der Waals surface area (Å²) in [7, 11) is 0. The topological polar surface area (TPSA) is 113 Å². The normalized spacial score (nSPS) is 10.7. The number of carbonyl (C=O) groups excluding carboxylic acids is 1. The van der Waals surface area contributed by atoms with E-state index in [-0.39, 0.29) is 11.4 Å². The highest BCUT2D eigenvalue weighted by atomic mass is 79.9. The van der Waals surface area contributed by atoms with Crippen molar-refractivity contribution in [3.8, 4) is 0 Å². The lowest BCUT2D eigenvalue weighted by Gasteiger charge is -1.97. The smallest absolute Gasteiger partial charge is 0.272 e. The molecule has 0 spiro atoms. The first kappa shape index (κ1) is 13.9. The third kappa shape index (κ3) is 3.26. The van der Waals surface area contributed by atoms with E-state index in [2.05, 4.69) is 36.7 Å². The van der Waals surface area contributed by atoms with E-state index in [1.807, 2.05) is 0 Å². The monoisotopic (exact) mass is 337 g/mol. The van der Waals surface area contributed by atoms with E-state index in [9.17, 15) is 14.9 Å². The number of benzene rings is 1. The van der Waals surface area contributed by atoms with E-state index in [1.165, 1.54) is 30.6 Å². The van der Waals surface area contributed by atoms with Crippen LogP contribution in [0.4, 0.5) is 5.69 Å². The number of nitrogens with one attached hydrogen (secondary N) is 2. The van der Waals surface area contributed by atoms with Gasteiger partial charge < -0.3 is 0 Å². The summed E-state index contributed by atoms with van der Waals surface area (Å²) in [5.41, 5.74) is 2.98. The number of nitro groups is 1. The zero-order valence-corrected chi connectivity index (χ0v) is 11.5. The molecule has 1 amide bonds. The maximum absolute atomic E-state index is 11.7. The van der Waals surface area contributed by atoms with Gasteiger partial charge in [0.05, 0.1) is 21.8 Å². The quantitative estimate of drug-likeness (QED) is 0.503. The van der Waals surface area contributed by atoms with Crippen molar-refractivity contribution in [2.24, 2.45) is 5.10 Å². The minimum Gasteiger partial charge on any atom is -0.272 e. The van der Waals surface area contributed by atoms with Crippen molar-refractivity contribution >= 4 is 33.7 Å². The Hall–Kier alpha value is -2.55. The molecule has 2 N–H and O–H groups in total. The van der Waals surface area contributed by atoms with Crippen LogP contribution in [0, 0.1) is 10.1 Å². The van der Waals surface area contributed by atoms with E-state index in [4.69, 9.17) is 0 Å². The molecule has 0 saturated heterocycles. The van der Waals surface area contributed by atoms with Crippen LogP contribution in [-0.4, -0.2) is 27.2 Å². The molecular weight excluding hydrogens is 330 g/mol. The number of H-pyrrole nitrogens is 1. The molecule has 0 bridgehead atoms. The zero-order chi connectivity index (χ0) is 14.5. The highest BCUT2D eigenvalue weighted by Crippen LogP contribution is 2.12. The summed E-state index contributed by atoms with van der Waals surface area (Å²) in [6.45, 7) is 0.